The third-order valence-electron chi connectivity index (χ3n) is 3.71. The van der Waals surface area contributed by atoms with E-state index >= 15 is 0 Å². The highest BCUT2D eigenvalue weighted by atomic mass is 32.2. The molecule has 0 spiro atoms. The van der Waals surface area contributed by atoms with Crippen molar-refractivity contribution < 1.29 is 18.3 Å². The summed E-state index contributed by atoms with van der Waals surface area (Å²) in [7, 11) is -3.46. The van der Waals surface area contributed by atoms with E-state index in [4.69, 9.17) is 5.11 Å². The molecule has 7 nitrogen and oxygen atoms in total. The Kier molecular flexibility index (Phi) is 6.11. The quantitative estimate of drug-likeness (QED) is 0.747. The predicted octanol–water partition coefficient (Wildman–Crippen LogP) is 2.42. The highest BCUT2D eigenvalue weighted by molar-refractivity contribution is 7.89. The van der Waals surface area contributed by atoms with Crippen molar-refractivity contribution in [3.8, 4) is 0 Å². The van der Waals surface area contributed by atoms with Crippen LogP contribution < -0.4 is 5.32 Å². The third kappa shape index (κ3) is 4.55. The summed E-state index contributed by atoms with van der Waals surface area (Å²) in [6.45, 7) is 4.86. The molecule has 8 heteroatoms. The van der Waals surface area contributed by atoms with E-state index in [9.17, 15) is 13.2 Å². The minimum atomic E-state index is -3.46. The molecular weight excluding hydrogens is 342 g/mol. The van der Waals surface area contributed by atoms with Crippen molar-refractivity contribution in [2.24, 2.45) is 0 Å². The topological polar surface area (TPSA) is 99.6 Å². The van der Waals surface area contributed by atoms with Gasteiger partial charge in [0.05, 0.1) is 4.90 Å². The van der Waals surface area contributed by atoms with Gasteiger partial charge in [0, 0.05) is 19.6 Å². The molecule has 0 aliphatic rings. The van der Waals surface area contributed by atoms with Crippen LogP contribution in [0.5, 0.6) is 0 Å². The molecule has 1 heterocycles. The summed E-state index contributed by atoms with van der Waals surface area (Å²) in [4.78, 5) is 15.1. The molecule has 0 fully saturated rings. The molecule has 2 aromatic rings. The number of hydrogen-bond acceptors (Lipinski definition) is 5. The Labute approximate surface area is 147 Å². The summed E-state index contributed by atoms with van der Waals surface area (Å²) < 4.78 is 26.3. The fourth-order valence-corrected chi connectivity index (χ4v) is 3.79. The number of anilines is 1. The summed E-state index contributed by atoms with van der Waals surface area (Å²) in [5.41, 5.74) is 0.826. The summed E-state index contributed by atoms with van der Waals surface area (Å²) in [6.07, 6.45) is 0. The molecular formula is C17H21N3O4S. The van der Waals surface area contributed by atoms with Crippen molar-refractivity contribution in [1.82, 2.24) is 9.29 Å². The molecule has 0 radical (unpaired) electrons. The number of carboxylic acid groups (broad SMARTS) is 1. The Hall–Kier alpha value is -2.45. The number of nitrogens with zero attached hydrogens (tertiary/aromatic N) is 2. The molecule has 0 aliphatic carbocycles. The third-order valence-corrected chi connectivity index (χ3v) is 5.77. The number of aromatic carboxylic acids is 1. The zero-order chi connectivity index (χ0) is 18.4. The van der Waals surface area contributed by atoms with E-state index in [0.717, 1.165) is 5.56 Å². The van der Waals surface area contributed by atoms with Crippen LogP contribution in [-0.2, 0) is 16.6 Å². The summed E-state index contributed by atoms with van der Waals surface area (Å²) in [5, 5.41) is 12.0. The number of rotatable bonds is 8. The first-order chi connectivity index (χ1) is 11.9. The van der Waals surface area contributed by atoms with Crippen LogP contribution in [0.25, 0.3) is 0 Å². The van der Waals surface area contributed by atoms with Crippen LogP contribution in [0.4, 0.5) is 5.82 Å². The van der Waals surface area contributed by atoms with E-state index in [1.54, 1.807) is 50.2 Å². The van der Waals surface area contributed by atoms with Crippen molar-refractivity contribution in [1.29, 1.82) is 0 Å². The fraction of sp³-hybridized carbons (Fsp3) is 0.294. The number of benzene rings is 1. The lowest BCUT2D eigenvalue weighted by Gasteiger charge is -2.18. The molecule has 1 aromatic carbocycles. The van der Waals surface area contributed by atoms with Gasteiger partial charge in [0.25, 0.3) is 0 Å². The Balaban J connectivity index is 2.08. The highest BCUT2D eigenvalue weighted by Gasteiger charge is 2.21. The second-order valence-electron chi connectivity index (χ2n) is 5.30. The number of carbonyl (C=O) groups is 1. The Morgan fingerprint density at radius 3 is 2.32 bits per heavy atom. The van der Waals surface area contributed by atoms with Crippen LogP contribution >= 0.6 is 0 Å². The van der Waals surface area contributed by atoms with Crippen LogP contribution in [0.3, 0.4) is 0 Å². The zero-order valence-electron chi connectivity index (χ0n) is 14.1. The normalized spacial score (nSPS) is 11.5. The Morgan fingerprint density at radius 1 is 1.12 bits per heavy atom. The number of nitrogens with one attached hydrogen (secondary N) is 1. The van der Waals surface area contributed by atoms with Crippen molar-refractivity contribution in [3.05, 3.63) is 53.7 Å². The number of hydrogen-bond donors (Lipinski definition) is 2. The smallest absolute Gasteiger partial charge is 0.354 e. The Morgan fingerprint density at radius 2 is 1.76 bits per heavy atom. The summed E-state index contributed by atoms with van der Waals surface area (Å²) in [6, 6.07) is 11.3. The number of carboxylic acids is 1. The lowest BCUT2D eigenvalue weighted by molar-refractivity contribution is 0.0690. The van der Waals surface area contributed by atoms with Crippen LogP contribution in [0.15, 0.2) is 47.4 Å². The van der Waals surface area contributed by atoms with Crippen LogP contribution in [0, 0.1) is 0 Å². The van der Waals surface area contributed by atoms with Gasteiger partial charge in [0.1, 0.15) is 5.82 Å². The average molecular weight is 363 g/mol. The average Bonchev–Trinajstić information content (AvgIpc) is 2.61. The molecule has 0 amide bonds. The minimum absolute atomic E-state index is 0.0364. The van der Waals surface area contributed by atoms with Crippen molar-refractivity contribution >= 4 is 21.8 Å². The zero-order valence-corrected chi connectivity index (χ0v) is 15.0. The van der Waals surface area contributed by atoms with Gasteiger partial charge >= 0.3 is 5.97 Å². The van der Waals surface area contributed by atoms with Gasteiger partial charge in [0.2, 0.25) is 10.0 Å². The van der Waals surface area contributed by atoms with Gasteiger partial charge in [-0.1, -0.05) is 32.0 Å². The molecule has 25 heavy (non-hydrogen) atoms. The van der Waals surface area contributed by atoms with Crippen molar-refractivity contribution in [3.63, 3.8) is 0 Å². The van der Waals surface area contributed by atoms with E-state index in [1.165, 1.54) is 10.4 Å². The highest BCUT2D eigenvalue weighted by Crippen LogP contribution is 2.17. The van der Waals surface area contributed by atoms with Gasteiger partial charge in [-0.25, -0.2) is 18.2 Å². The number of pyridine rings is 1. The SMILES string of the molecule is CCN(CC)S(=O)(=O)c1ccc(CNc2cccc(C(=O)O)n2)cc1. The van der Waals surface area contributed by atoms with E-state index in [1.807, 2.05) is 0 Å². The lowest BCUT2D eigenvalue weighted by Crippen LogP contribution is -2.30. The van der Waals surface area contributed by atoms with E-state index in [0.29, 0.717) is 25.5 Å². The maximum Gasteiger partial charge on any atom is 0.354 e. The Bertz CT molecular complexity index is 831. The van der Waals surface area contributed by atoms with Crippen LogP contribution in [-0.4, -0.2) is 41.9 Å². The van der Waals surface area contributed by atoms with Crippen LogP contribution in [0.1, 0.15) is 29.9 Å². The van der Waals surface area contributed by atoms with Gasteiger partial charge in [-0.2, -0.15) is 4.31 Å². The molecule has 0 unspecified atom stereocenters. The maximum absolute atomic E-state index is 12.4. The molecule has 0 saturated carbocycles. The standard InChI is InChI=1S/C17H21N3O4S/c1-3-20(4-2)25(23,24)14-10-8-13(9-11-14)12-18-16-7-5-6-15(19-16)17(21)22/h5-11H,3-4,12H2,1-2H3,(H,18,19)(H,21,22). The van der Waals surface area contributed by atoms with Gasteiger partial charge in [-0.15, -0.1) is 0 Å². The maximum atomic E-state index is 12.4. The fourth-order valence-electron chi connectivity index (χ4n) is 2.34. The summed E-state index contributed by atoms with van der Waals surface area (Å²) in [5.74, 6) is -0.644. The molecule has 1 aromatic heterocycles. The van der Waals surface area contributed by atoms with Crippen LogP contribution in [0.2, 0.25) is 0 Å². The monoisotopic (exact) mass is 363 g/mol. The predicted molar refractivity (Wildman–Crippen MR) is 95.1 cm³/mol. The van der Waals surface area contributed by atoms with E-state index < -0.39 is 16.0 Å². The molecule has 2 N–H and O–H groups in total. The minimum Gasteiger partial charge on any atom is -0.477 e. The molecule has 2 rings (SSSR count). The molecule has 0 aliphatic heterocycles. The number of sulfonamides is 1. The first-order valence-electron chi connectivity index (χ1n) is 7.91. The van der Waals surface area contributed by atoms with E-state index in [-0.39, 0.29) is 10.6 Å². The van der Waals surface area contributed by atoms with Crippen molar-refractivity contribution in [2.45, 2.75) is 25.3 Å². The molecule has 0 bridgehead atoms. The second kappa shape index (κ2) is 8.09. The number of aromatic nitrogens is 1. The first-order valence-corrected chi connectivity index (χ1v) is 9.35. The van der Waals surface area contributed by atoms with Gasteiger partial charge < -0.3 is 10.4 Å². The molecule has 0 saturated heterocycles. The van der Waals surface area contributed by atoms with Gasteiger partial charge in [0.15, 0.2) is 5.69 Å². The first kappa shape index (κ1) is 18.9. The molecule has 134 valence electrons. The van der Waals surface area contributed by atoms with E-state index in [2.05, 4.69) is 10.3 Å². The van der Waals surface area contributed by atoms with Gasteiger partial charge in [-0.3, -0.25) is 0 Å². The lowest BCUT2D eigenvalue weighted by atomic mass is 10.2. The largest absolute Gasteiger partial charge is 0.477 e. The summed E-state index contributed by atoms with van der Waals surface area (Å²) >= 11 is 0. The van der Waals surface area contributed by atoms with Gasteiger partial charge in [-0.05, 0) is 29.8 Å². The second-order valence-corrected chi connectivity index (χ2v) is 7.24. The molecule has 0 atom stereocenters. The van der Waals surface area contributed by atoms with Crippen molar-refractivity contribution in [2.75, 3.05) is 18.4 Å².